The zero-order chi connectivity index (χ0) is 64.1. The van der Waals surface area contributed by atoms with Crippen molar-refractivity contribution in [3.05, 3.63) is 0 Å². The lowest BCUT2D eigenvalue weighted by Gasteiger charge is -2.32. The van der Waals surface area contributed by atoms with E-state index in [1.165, 1.54) is 339 Å². The van der Waals surface area contributed by atoms with Crippen LogP contribution < -0.4 is 0 Å². The number of unbranched alkanes of at least 4 members (excludes halogenated alkanes) is 60. The summed E-state index contributed by atoms with van der Waals surface area (Å²) in [6.45, 7) is 11.9. The van der Waals surface area contributed by atoms with E-state index in [9.17, 15) is 19.0 Å². The summed E-state index contributed by atoms with van der Waals surface area (Å²) in [7, 11) is -7.67. The van der Waals surface area contributed by atoms with Gasteiger partial charge in [0.25, 0.3) is 0 Å². The van der Waals surface area contributed by atoms with Gasteiger partial charge < -0.3 is 23.2 Å². The van der Waals surface area contributed by atoms with Gasteiger partial charge in [0.15, 0.2) is 0 Å². The Kier molecular flexibility index (Phi) is 70.8. The molecular weight excluding hydrogens is 1130 g/mol. The average molecular weight is 1290 g/mol. The Hall–Kier alpha value is -0.270. The molecule has 0 aliphatic heterocycles. The van der Waals surface area contributed by atoms with E-state index in [0.29, 0.717) is 0 Å². The minimum atomic E-state index is -3.83. The topological polar surface area (TPSA) is 112 Å². The van der Waals surface area contributed by atoms with Gasteiger partial charge >= 0.3 is 21.2 Å². The van der Waals surface area contributed by atoms with Gasteiger partial charge in [-0.3, -0.25) is 18.8 Å². The summed E-state index contributed by atoms with van der Waals surface area (Å²) in [6, 6.07) is -1.10. The summed E-state index contributed by atoms with van der Waals surface area (Å²) in [4.78, 5) is 14.3. The smallest absolute Gasteiger partial charge is 0.344 e. The molecule has 1 unspecified atom stereocenters. The third kappa shape index (κ3) is 64.4. The van der Waals surface area contributed by atoms with Gasteiger partial charge in [0.2, 0.25) is 0 Å². The highest BCUT2D eigenvalue weighted by Gasteiger charge is 2.38. The standard InChI is InChI=1S/C77H157NO8P2/c1-6-10-14-18-22-26-30-34-38-42-46-50-54-58-62-66-70-83-87(81,84-71-67-63-59-55-51-47-43-39-35-31-27-23-19-15-11-7-2)74-78(76(5)77(79)80)75-88(82,85-72-68-64-60-56-52-48-44-40-36-32-28-24-20-16-12-8-3)86-73-69-65-61-57-53-49-45-41-37-33-29-25-21-17-13-9-4/h76H,6-75H2,1-5H3,(H,79,80). The summed E-state index contributed by atoms with van der Waals surface area (Å²) >= 11 is 0. The van der Waals surface area contributed by atoms with Crippen LogP contribution in [0, 0.1) is 0 Å². The largest absolute Gasteiger partial charge is 0.480 e. The first-order valence-electron chi connectivity index (χ1n) is 39.9. The molecule has 0 aliphatic rings. The number of carbonyl (C=O) groups is 1. The second-order valence-corrected chi connectivity index (χ2v) is 31.7. The van der Waals surface area contributed by atoms with Crippen molar-refractivity contribution in [2.45, 2.75) is 452 Å². The normalized spacial score (nSPS) is 12.6. The molecule has 0 amide bonds. The molecule has 0 spiro atoms. The number of rotatable bonds is 78. The second-order valence-electron chi connectivity index (χ2n) is 27.7. The molecular formula is C77H157NO8P2. The Morgan fingerprint density at radius 2 is 0.386 bits per heavy atom. The number of hydrogen-bond acceptors (Lipinski definition) is 8. The number of carboxylic acids is 1. The molecule has 1 N–H and O–H groups in total. The van der Waals surface area contributed by atoms with Crippen molar-refractivity contribution in [2.75, 3.05) is 39.0 Å². The maximum atomic E-state index is 15.0. The van der Waals surface area contributed by atoms with Gasteiger partial charge in [-0.15, -0.1) is 0 Å². The van der Waals surface area contributed by atoms with Crippen LogP contribution in [0.4, 0.5) is 0 Å². The zero-order valence-electron chi connectivity index (χ0n) is 60.2. The second kappa shape index (κ2) is 71.0. The maximum Gasteiger partial charge on any atom is 0.344 e. The van der Waals surface area contributed by atoms with Crippen LogP contribution in [-0.2, 0) is 32.0 Å². The summed E-state index contributed by atoms with van der Waals surface area (Å²) in [5.74, 6) is -1.08. The van der Waals surface area contributed by atoms with Crippen LogP contribution in [0.3, 0.4) is 0 Å². The van der Waals surface area contributed by atoms with Gasteiger partial charge in [-0.1, -0.05) is 413 Å². The van der Waals surface area contributed by atoms with Gasteiger partial charge in [0, 0.05) is 0 Å². The van der Waals surface area contributed by atoms with Gasteiger partial charge in [-0.25, -0.2) is 0 Å². The first-order valence-corrected chi connectivity index (χ1v) is 43.4. The van der Waals surface area contributed by atoms with Crippen LogP contribution in [0.1, 0.15) is 446 Å². The van der Waals surface area contributed by atoms with E-state index in [1.54, 1.807) is 6.92 Å². The molecule has 0 rings (SSSR count). The molecule has 11 heteroatoms. The quantitative estimate of drug-likeness (QED) is 0.0470. The molecule has 9 nitrogen and oxygen atoms in total. The average Bonchev–Trinajstić information content (AvgIpc) is 3.07. The monoisotopic (exact) mass is 1290 g/mol. The maximum absolute atomic E-state index is 15.0. The molecule has 0 heterocycles. The van der Waals surface area contributed by atoms with Gasteiger partial charge in [0.1, 0.15) is 18.6 Å². The van der Waals surface area contributed by atoms with Crippen molar-refractivity contribution in [3.8, 4) is 0 Å². The molecule has 0 aromatic rings. The SMILES string of the molecule is CCCCCCCCCCCCCCCCCCOP(=O)(CN(CP(=O)(OCCCCCCCCCCCCCCCCCC)OCCCCCCCCCCCCCCCCCC)C(C)C(=O)O)OCCCCCCCCCCCCCCCCCC. The number of hydrogen-bond donors (Lipinski definition) is 1. The van der Waals surface area contributed by atoms with Gasteiger partial charge in [-0.05, 0) is 32.6 Å². The van der Waals surface area contributed by atoms with Crippen molar-refractivity contribution < 1.29 is 37.1 Å². The Morgan fingerprint density at radius 1 is 0.261 bits per heavy atom. The van der Waals surface area contributed by atoms with Crippen LogP contribution in [0.25, 0.3) is 0 Å². The predicted octanol–water partition coefficient (Wildman–Crippen LogP) is 28.2. The Labute approximate surface area is 551 Å². The molecule has 528 valence electrons. The minimum absolute atomic E-state index is 0.271. The van der Waals surface area contributed by atoms with E-state index in [-0.39, 0.29) is 39.0 Å². The van der Waals surface area contributed by atoms with E-state index in [2.05, 4.69) is 27.7 Å². The Balaban J connectivity index is 5.54. The van der Waals surface area contributed by atoms with E-state index >= 15 is 0 Å². The highest BCUT2D eigenvalue weighted by Crippen LogP contribution is 2.54. The lowest BCUT2D eigenvalue weighted by molar-refractivity contribution is -0.142. The third-order valence-electron chi connectivity index (χ3n) is 18.8. The Bertz CT molecular complexity index is 1290. The molecule has 0 bridgehead atoms. The lowest BCUT2D eigenvalue weighted by Crippen LogP contribution is -2.41. The van der Waals surface area contributed by atoms with Gasteiger partial charge in [-0.2, -0.15) is 0 Å². The molecule has 0 aromatic carbocycles. The predicted molar refractivity (Wildman–Crippen MR) is 386 cm³/mol. The van der Waals surface area contributed by atoms with Crippen molar-refractivity contribution in [1.29, 1.82) is 0 Å². The Morgan fingerprint density at radius 3 is 0.511 bits per heavy atom. The summed E-state index contributed by atoms with van der Waals surface area (Å²) in [5, 5.41) is 10.5. The molecule has 0 fully saturated rings. The lowest BCUT2D eigenvalue weighted by atomic mass is 10.0. The summed E-state index contributed by atoms with van der Waals surface area (Å²) < 4.78 is 55.0. The van der Waals surface area contributed by atoms with Crippen LogP contribution in [0.15, 0.2) is 0 Å². The first-order chi connectivity index (χ1) is 43.2. The molecule has 0 saturated heterocycles. The molecule has 0 aromatic heterocycles. The zero-order valence-corrected chi connectivity index (χ0v) is 62.0. The first kappa shape index (κ1) is 87.7. The van der Waals surface area contributed by atoms with Crippen LogP contribution in [0.5, 0.6) is 0 Å². The van der Waals surface area contributed by atoms with E-state index in [4.69, 9.17) is 18.1 Å². The minimum Gasteiger partial charge on any atom is -0.480 e. The fourth-order valence-electron chi connectivity index (χ4n) is 12.5. The third-order valence-corrected chi connectivity index (χ3v) is 22.5. The molecule has 0 radical (unpaired) electrons. The molecule has 0 saturated carbocycles. The molecule has 0 aliphatic carbocycles. The van der Waals surface area contributed by atoms with Crippen LogP contribution in [0.2, 0.25) is 0 Å². The fourth-order valence-corrected chi connectivity index (χ4v) is 16.4. The molecule has 88 heavy (non-hydrogen) atoms. The molecule has 1 atom stereocenters. The summed E-state index contributed by atoms with van der Waals surface area (Å²) in [6.07, 6.45) is 80.8. The summed E-state index contributed by atoms with van der Waals surface area (Å²) in [5.41, 5.74) is 0. The van der Waals surface area contributed by atoms with Crippen LogP contribution in [-0.4, -0.2) is 61.0 Å². The van der Waals surface area contributed by atoms with Crippen molar-refractivity contribution in [2.24, 2.45) is 0 Å². The highest BCUT2D eigenvalue weighted by molar-refractivity contribution is 7.54. The number of nitrogens with zero attached hydrogens (tertiary/aromatic N) is 1. The van der Waals surface area contributed by atoms with E-state index < -0.39 is 27.2 Å². The van der Waals surface area contributed by atoms with Crippen molar-refractivity contribution >= 4 is 21.2 Å². The fraction of sp³-hybridized carbons (Fsp3) is 0.987. The number of aliphatic carboxylic acids is 1. The highest BCUT2D eigenvalue weighted by atomic mass is 31.2. The van der Waals surface area contributed by atoms with Crippen molar-refractivity contribution in [3.63, 3.8) is 0 Å². The van der Waals surface area contributed by atoms with Gasteiger partial charge in [0.05, 0.1) is 26.4 Å². The van der Waals surface area contributed by atoms with E-state index in [0.717, 1.165) is 77.0 Å². The van der Waals surface area contributed by atoms with Crippen LogP contribution >= 0.6 is 15.2 Å². The van der Waals surface area contributed by atoms with Crippen molar-refractivity contribution in [1.82, 2.24) is 4.90 Å². The number of carboxylic acid groups (broad SMARTS) is 1. The van der Waals surface area contributed by atoms with E-state index in [1.807, 2.05) is 0 Å².